The van der Waals surface area contributed by atoms with Crippen LogP contribution in [-0.2, 0) is 10.0 Å². The number of amides is 1. The van der Waals surface area contributed by atoms with E-state index in [0.717, 1.165) is 12.8 Å². The number of hydrogen-bond acceptors (Lipinski definition) is 3. The van der Waals surface area contributed by atoms with Crippen LogP contribution in [0.15, 0.2) is 29.2 Å². The number of hydrogen-bond donors (Lipinski definition) is 2. The maximum Gasteiger partial charge on any atom is 0.405 e. The summed E-state index contributed by atoms with van der Waals surface area (Å²) < 4.78 is 63.5. The molecule has 0 aromatic heterocycles. The molecule has 0 saturated heterocycles. The van der Waals surface area contributed by atoms with Gasteiger partial charge >= 0.3 is 6.18 Å². The van der Waals surface area contributed by atoms with Crippen molar-refractivity contribution in [2.24, 2.45) is 5.92 Å². The van der Waals surface area contributed by atoms with Crippen LogP contribution in [0.5, 0.6) is 0 Å². The van der Waals surface area contributed by atoms with Crippen molar-refractivity contribution in [2.75, 3.05) is 6.54 Å². The Morgan fingerprint density at radius 2 is 1.65 bits per heavy atom. The second-order valence-electron chi connectivity index (χ2n) is 6.67. The van der Waals surface area contributed by atoms with Crippen molar-refractivity contribution in [1.82, 2.24) is 10.0 Å². The zero-order valence-corrected chi connectivity index (χ0v) is 15.9. The maximum atomic E-state index is 12.3. The van der Waals surface area contributed by atoms with Crippen LogP contribution in [-0.4, -0.2) is 33.1 Å². The summed E-state index contributed by atoms with van der Waals surface area (Å²) in [4.78, 5) is 11.6. The highest BCUT2D eigenvalue weighted by atomic mass is 32.2. The van der Waals surface area contributed by atoms with E-state index in [4.69, 9.17) is 0 Å². The molecule has 0 saturated carbocycles. The van der Waals surface area contributed by atoms with Crippen molar-refractivity contribution in [1.29, 1.82) is 0 Å². The average molecular weight is 394 g/mol. The lowest BCUT2D eigenvalue weighted by atomic mass is 10.0. The third-order valence-electron chi connectivity index (χ3n) is 3.65. The molecule has 1 amide bonds. The molecule has 2 N–H and O–H groups in total. The Hall–Kier alpha value is -1.61. The van der Waals surface area contributed by atoms with E-state index in [1.165, 1.54) is 24.3 Å². The van der Waals surface area contributed by atoms with Crippen LogP contribution in [0.4, 0.5) is 13.2 Å². The smallest absolute Gasteiger partial charge is 0.343 e. The fourth-order valence-electron chi connectivity index (χ4n) is 2.29. The van der Waals surface area contributed by atoms with E-state index in [9.17, 15) is 26.4 Å². The highest BCUT2D eigenvalue weighted by Crippen LogP contribution is 2.15. The van der Waals surface area contributed by atoms with Gasteiger partial charge in [-0.3, -0.25) is 4.79 Å². The van der Waals surface area contributed by atoms with Crippen molar-refractivity contribution in [3.63, 3.8) is 0 Å². The topological polar surface area (TPSA) is 75.3 Å². The normalized spacial score (nSPS) is 13.7. The lowest BCUT2D eigenvalue weighted by Crippen LogP contribution is -2.34. The van der Waals surface area contributed by atoms with Crippen LogP contribution in [0.2, 0.25) is 0 Å². The van der Waals surface area contributed by atoms with Gasteiger partial charge in [-0.15, -0.1) is 0 Å². The zero-order chi connectivity index (χ0) is 20.0. The average Bonchev–Trinajstić information content (AvgIpc) is 2.51. The fraction of sp³-hybridized carbons (Fsp3) is 0.588. The van der Waals surface area contributed by atoms with E-state index >= 15 is 0 Å². The predicted molar refractivity (Wildman–Crippen MR) is 93.3 cm³/mol. The number of nitrogens with one attached hydrogen (secondary N) is 2. The number of carbonyl (C=O) groups excluding carboxylic acids is 1. The molecule has 0 heterocycles. The maximum absolute atomic E-state index is 12.3. The van der Waals surface area contributed by atoms with Crippen LogP contribution >= 0.6 is 0 Å². The molecule has 0 radical (unpaired) electrons. The molecule has 5 nitrogen and oxygen atoms in total. The van der Waals surface area contributed by atoms with Crippen LogP contribution in [0.1, 0.15) is 50.4 Å². The summed E-state index contributed by atoms with van der Waals surface area (Å²) in [6, 6.07) is 4.53. The summed E-state index contributed by atoms with van der Waals surface area (Å²) in [5.41, 5.74) is -0.0434. The van der Waals surface area contributed by atoms with E-state index in [1.54, 1.807) is 12.2 Å². The summed E-state index contributed by atoms with van der Waals surface area (Å²) in [6.45, 7) is 4.53. The molecule has 0 spiro atoms. The lowest BCUT2D eigenvalue weighted by Gasteiger charge is -2.15. The van der Waals surface area contributed by atoms with Gasteiger partial charge in [0, 0.05) is 11.6 Å². The summed E-state index contributed by atoms with van der Waals surface area (Å²) in [7, 11) is -3.75. The van der Waals surface area contributed by atoms with E-state index in [-0.39, 0.29) is 16.5 Å². The number of benzene rings is 1. The molecule has 0 fully saturated rings. The minimum atomic E-state index is -4.51. The monoisotopic (exact) mass is 394 g/mol. The van der Waals surface area contributed by atoms with Gasteiger partial charge in [-0.05, 0) is 43.5 Å². The number of sulfonamides is 1. The van der Waals surface area contributed by atoms with Crippen molar-refractivity contribution in [3.05, 3.63) is 29.8 Å². The van der Waals surface area contributed by atoms with E-state index in [2.05, 4.69) is 18.6 Å². The molecule has 0 bridgehead atoms. The molecule has 1 aromatic rings. The Bertz CT molecular complexity index is 686. The van der Waals surface area contributed by atoms with Crippen LogP contribution < -0.4 is 10.0 Å². The molecule has 1 atom stereocenters. The minimum absolute atomic E-state index is 0.0411. The molecule has 148 valence electrons. The Balaban J connectivity index is 2.67. The minimum Gasteiger partial charge on any atom is -0.343 e. The van der Waals surface area contributed by atoms with Crippen molar-refractivity contribution in [2.45, 2.75) is 57.1 Å². The first-order valence-corrected chi connectivity index (χ1v) is 9.86. The Kier molecular flexibility index (Phi) is 8.08. The summed E-state index contributed by atoms with van der Waals surface area (Å²) in [6.07, 6.45) is -1.89. The number of rotatable bonds is 9. The highest BCUT2D eigenvalue weighted by molar-refractivity contribution is 7.89. The van der Waals surface area contributed by atoms with Gasteiger partial charge in [0.2, 0.25) is 10.0 Å². The quantitative estimate of drug-likeness (QED) is 0.673. The van der Waals surface area contributed by atoms with Gasteiger partial charge in [-0.25, -0.2) is 13.1 Å². The van der Waals surface area contributed by atoms with Gasteiger partial charge in [0.25, 0.3) is 5.91 Å². The first kappa shape index (κ1) is 22.4. The molecule has 9 heteroatoms. The van der Waals surface area contributed by atoms with Gasteiger partial charge in [-0.2, -0.15) is 13.2 Å². The van der Waals surface area contributed by atoms with Gasteiger partial charge in [0.15, 0.2) is 0 Å². The number of alkyl halides is 3. The Morgan fingerprint density at radius 1 is 1.08 bits per heavy atom. The molecule has 26 heavy (non-hydrogen) atoms. The molecule has 0 aliphatic carbocycles. The Morgan fingerprint density at radius 3 is 2.15 bits per heavy atom. The molecule has 1 aromatic carbocycles. The molecular formula is C17H25F3N2O3S. The molecule has 0 aliphatic heterocycles. The van der Waals surface area contributed by atoms with E-state index in [0.29, 0.717) is 12.3 Å². The second-order valence-corrected chi connectivity index (χ2v) is 8.38. The first-order valence-electron chi connectivity index (χ1n) is 8.38. The highest BCUT2D eigenvalue weighted by Gasteiger charge is 2.28. The largest absolute Gasteiger partial charge is 0.405 e. The number of halogens is 3. The van der Waals surface area contributed by atoms with Gasteiger partial charge in [0.05, 0.1) is 4.90 Å². The third kappa shape index (κ3) is 8.18. The standard InChI is InChI=1S/C17H25F3N2O3S/c1-12(2)5-4-6-13(3)22-26(24,25)15-9-7-14(8-10-15)16(23)21-11-17(18,19)20/h7-10,12-13,22H,4-6,11H2,1-3H3,(H,21,23)/t13-/m0/s1. The summed E-state index contributed by atoms with van der Waals surface area (Å²) in [5.74, 6) is -0.365. The number of carbonyl (C=O) groups is 1. The van der Waals surface area contributed by atoms with Crippen LogP contribution in [0.3, 0.4) is 0 Å². The molecule has 1 rings (SSSR count). The van der Waals surface area contributed by atoms with Gasteiger partial charge in [0.1, 0.15) is 6.54 Å². The van der Waals surface area contributed by atoms with E-state index < -0.39 is 28.7 Å². The Labute approximate surface area is 152 Å². The second kappa shape index (κ2) is 9.36. The van der Waals surface area contributed by atoms with Crippen molar-refractivity contribution < 1.29 is 26.4 Å². The fourth-order valence-corrected chi connectivity index (χ4v) is 3.57. The third-order valence-corrected chi connectivity index (χ3v) is 5.26. The van der Waals surface area contributed by atoms with Gasteiger partial charge < -0.3 is 5.32 Å². The first-order chi connectivity index (χ1) is 11.9. The zero-order valence-electron chi connectivity index (χ0n) is 15.1. The van der Waals surface area contributed by atoms with Crippen LogP contribution in [0, 0.1) is 5.92 Å². The lowest BCUT2D eigenvalue weighted by molar-refractivity contribution is -0.123. The van der Waals surface area contributed by atoms with Crippen molar-refractivity contribution in [3.8, 4) is 0 Å². The molecule has 0 unspecified atom stereocenters. The molecule has 0 aliphatic rings. The summed E-state index contributed by atoms with van der Waals surface area (Å²) in [5, 5.41) is 1.73. The molecular weight excluding hydrogens is 369 g/mol. The van der Waals surface area contributed by atoms with Crippen molar-refractivity contribution >= 4 is 15.9 Å². The predicted octanol–water partition coefficient (Wildman–Crippen LogP) is 3.47. The van der Waals surface area contributed by atoms with Gasteiger partial charge in [-0.1, -0.05) is 26.7 Å². The van der Waals surface area contributed by atoms with E-state index in [1.807, 2.05) is 0 Å². The summed E-state index contributed by atoms with van der Waals surface area (Å²) >= 11 is 0. The SMILES string of the molecule is CC(C)CCC[C@H](C)NS(=O)(=O)c1ccc(C(=O)NCC(F)(F)F)cc1. The van der Waals surface area contributed by atoms with Crippen LogP contribution in [0.25, 0.3) is 0 Å².